The Morgan fingerprint density at radius 2 is 2.24 bits per heavy atom. The van der Waals surface area contributed by atoms with E-state index in [0.29, 0.717) is 6.61 Å². The van der Waals surface area contributed by atoms with Crippen molar-refractivity contribution in [1.29, 1.82) is 5.26 Å². The highest BCUT2D eigenvalue weighted by Gasteiger charge is 2.19. The first-order valence-electron chi connectivity index (χ1n) is 7.38. The van der Waals surface area contributed by atoms with Crippen molar-refractivity contribution in [2.45, 2.75) is 38.6 Å². The number of nitriles is 1. The Labute approximate surface area is 125 Å². The van der Waals surface area contributed by atoms with Gasteiger partial charge in [0.2, 0.25) is 0 Å². The lowest BCUT2D eigenvalue weighted by atomic mass is 10.1. The second kappa shape index (κ2) is 7.49. The van der Waals surface area contributed by atoms with Crippen LogP contribution >= 0.6 is 0 Å². The lowest BCUT2D eigenvalue weighted by Gasteiger charge is -2.11. The molecular weight excluding hydrogens is 264 g/mol. The zero-order valence-corrected chi connectivity index (χ0v) is 12.3. The molecule has 110 valence electrons. The first-order chi connectivity index (χ1) is 10.2. The zero-order valence-electron chi connectivity index (χ0n) is 12.3. The molecule has 0 radical (unpaired) electrons. The van der Waals surface area contributed by atoms with Crippen LogP contribution in [-0.2, 0) is 4.79 Å². The summed E-state index contributed by atoms with van der Waals surface area (Å²) in [4.78, 5) is 12.1. The number of ether oxygens (including phenoxy) is 1. The number of amides is 1. The van der Waals surface area contributed by atoms with Gasteiger partial charge >= 0.3 is 0 Å². The van der Waals surface area contributed by atoms with Gasteiger partial charge in [-0.2, -0.15) is 5.26 Å². The molecule has 1 amide bonds. The molecule has 0 atom stereocenters. The van der Waals surface area contributed by atoms with Crippen LogP contribution in [0.1, 0.15) is 38.2 Å². The first kappa shape index (κ1) is 15.1. The fourth-order valence-corrected chi connectivity index (χ4v) is 2.51. The molecule has 0 aromatic heterocycles. The van der Waals surface area contributed by atoms with E-state index in [1.54, 1.807) is 6.08 Å². The minimum absolute atomic E-state index is 0.135. The summed E-state index contributed by atoms with van der Waals surface area (Å²) in [6, 6.07) is 9.57. The van der Waals surface area contributed by atoms with Gasteiger partial charge in [0.25, 0.3) is 5.91 Å². The summed E-state index contributed by atoms with van der Waals surface area (Å²) in [5.74, 6) is 0.450. The molecule has 2 rings (SSSR count). The highest BCUT2D eigenvalue weighted by molar-refractivity contribution is 6.01. The number of nitrogens with zero attached hydrogens (tertiary/aromatic N) is 1. The molecule has 0 saturated heterocycles. The molecule has 1 N–H and O–H groups in total. The van der Waals surface area contributed by atoms with Gasteiger partial charge in [-0.05, 0) is 43.5 Å². The summed E-state index contributed by atoms with van der Waals surface area (Å²) in [7, 11) is 0. The number of rotatable bonds is 5. The normalized spacial score (nSPS) is 15.5. The average molecular weight is 284 g/mol. The van der Waals surface area contributed by atoms with Crippen LogP contribution < -0.4 is 10.1 Å². The Bertz CT molecular complexity index is 566. The van der Waals surface area contributed by atoms with Gasteiger partial charge in [0.1, 0.15) is 17.4 Å². The summed E-state index contributed by atoms with van der Waals surface area (Å²) >= 11 is 0. The van der Waals surface area contributed by atoms with Crippen molar-refractivity contribution < 1.29 is 9.53 Å². The molecule has 1 aromatic rings. The molecule has 0 spiro atoms. The highest BCUT2D eigenvalue weighted by Crippen LogP contribution is 2.19. The second-order valence-electron chi connectivity index (χ2n) is 5.13. The fourth-order valence-electron chi connectivity index (χ4n) is 2.51. The van der Waals surface area contributed by atoms with E-state index in [4.69, 9.17) is 4.74 Å². The van der Waals surface area contributed by atoms with E-state index in [0.717, 1.165) is 37.0 Å². The fraction of sp³-hybridized carbons (Fsp3) is 0.412. The van der Waals surface area contributed by atoms with Crippen molar-refractivity contribution in [3.05, 3.63) is 35.4 Å². The van der Waals surface area contributed by atoms with Crippen LogP contribution in [0.15, 0.2) is 29.8 Å². The molecule has 4 nitrogen and oxygen atoms in total. The van der Waals surface area contributed by atoms with Gasteiger partial charge in [-0.15, -0.1) is 0 Å². The monoisotopic (exact) mass is 284 g/mol. The Morgan fingerprint density at radius 1 is 1.48 bits per heavy atom. The minimum Gasteiger partial charge on any atom is -0.494 e. The molecule has 0 bridgehead atoms. The van der Waals surface area contributed by atoms with Crippen molar-refractivity contribution >= 4 is 12.0 Å². The summed E-state index contributed by atoms with van der Waals surface area (Å²) in [6.07, 6.45) is 5.90. The average Bonchev–Trinajstić information content (AvgIpc) is 2.98. The predicted octanol–water partition coefficient (Wildman–Crippen LogP) is 3.05. The van der Waals surface area contributed by atoms with Crippen molar-refractivity contribution in [2.24, 2.45) is 0 Å². The lowest BCUT2D eigenvalue weighted by Crippen LogP contribution is -2.33. The van der Waals surface area contributed by atoms with Crippen molar-refractivity contribution in [1.82, 2.24) is 5.32 Å². The summed E-state index contributed by atoms with van der Waals surface area (Å²) in [6.45, 7) is 2.50. The van der Waals surface area contributed by atoms with Crippen molar-refractivity contribution in [2.75, 3.05) is 6.61 Å². The quantitative estimate of drug-likeness (QED) is 0.667. The van der Waals surface area contributed by atoms with Gasteiger partial charge < -0.3 is 10.1 Å². The predicted molar refractivity (Wildman–Crippen MR) is 81.6 cm³/mol. The van der Waals surface area contributed by atoms with Gasteiger partial charge in [-0.25, -0.2) is 0 Å². The Morgan fingerprint density at radius 3 is 2.90 bits per heavy atom. The van der Waals surface area contributed by atoms with E-state index >= 15 is 0 Å². The number of carbonyl (C=O) groups is 1. The third kappa shape index (κ3) is 4.35. The SMILES string of the molecule is CCOc1cccc(/C=C(\C#N)C(=O)NC2CCCC2)c1. The van der Waals surface area contributed by atoms with E-state index in [-0.39, 0.29) is 17.5 Å². The summed E-state index contributed by atoms with van der Waals surface area (Å²) in [5, 5.41) is 12.1. The van der Waals surface area contributed by atoms with Gasteiger partial charge in [-0.1, -0.05) is 25.0 Å². The summed E-state index contributed by atoms with van der Waals surface area (Å²) < 4.78 is 5.42. The smallest absolute Gasteiger partial charge is 0.262 e. The number of carbonyl (C=O) groups excluding carboxylic acids is 1. The lowest BCUT2D eigenvalue weighted by molar-refractivity contribution is -0.117. The number of hydrogen-bond donors (Lipinski definition) is 1. The maximum absolute atomic E-state index is 12.1. The highest BCUT2D eigenvalue weighted by atomic mass is 16.5. The minimum atomic E-state index is -0.286. The Hall–Kier alpha value is -2.28. The van der Waals surface area contributed by atoms with Crippen LogP contribution in [0.5, 0.6) is 5.75 Å². The van der Waals surface area contributed by atoms with Gasteiger partial charge in [-0.3, -0.25) is 4.79 Å². The van der Waals surface area contributed by atoms with E-state index < -0.39 is 0 Å². The molecule has 1 fully saturated rings. The molecule has 4 heteroatoms. The third-order valence-corrected chi connectivity index (χ3v) is 3.54. The van der Waals surface area contributed by atoms with Crippen LogP contribution in [0.25, 0.3) is 6.08 Å². The number of benzene rings is 1. The van der Waals surface area contributed by atoms with Gasteiger partial charge in [0.15, 0.2) is 0 Å². The number of nitrogens with one attached hydrogen (secondary N) is 1. The van der Waals surface area contributed by atoms with Crippen molar-refractivity contribution in [3.63, 3.8) is 0 Å². The van der Waals surface area contributed by atoms with Gasteiger partial charge in [0, 0.05) is 6.04 Å². The van der Waals surface area contributed by atoms with E-state index in [9.17, 15) is 10.1 Å². The van der Waals surface area contributed by atoms with Crippen LogP contribution in [0.4, 0.5) is 0 Å². The molecule has 21 heavy (non-hydrogen) atoms. The number of hydrogen-bond acceptors (Lipinski definition) is 3. The van der Waals surface area contributed by atoms with E-state index in [1.807, 2.05) is 37.3 Å². The molecule has 1 saturated carbocycles. The van der Waals surface area contributed by atoms with Gasteiger partial charge in [0.05, 0.1) is 6.61 Å². The molecule has 0 aliphatic heterocycles. The zero-order chi connectivity index (χ0) is 15.1. The molecule has 1 aromatic carbocycles. The molecule has 0 unspecified atom stereocenters. The molecule has 0 heterocycles. The second-order valence-corrected chi connectivity index (χ2v) is 5.13. The van der Waals surface area contributed by atoms with E-state index in [1.165, 1.54) is 0 Å². The summed E-state index contributed by atoms with van der Waals surface area (Å²) in [5.41, 5.74) is 0.926. The largest absolute Gasteiger partial charge is 0.494 e. The van der Waals surface area contributed by atoms with Crippen LogP contribution in [0, 0.1) is 11.3 Å². The van der Waals surface area contributed by atoms with Crippen LogP contribution in [0.3, 0.4) is 0 Å². The van der Waals surface area contributed by atoms with Crippen LogP contribution in [0.2, 0.25) is 0 Å². The third-order valence-electron chi connectivity index (χ3n) is 3.54. The first-order valence-corrected chi connectivity index (χ1v) is 7.38. The van der Waals surface area contributed by atoms with Crippen LogP contribution in [-0.4, -0.2) is 18.6 Å². The Balaban J connectivity index is 2.10. The molecule has 1 aliphatic carbocycles. The molecular formula is C17H20N2O2. The topological polar surface area (TPSA) is 62.1 Å². The standard InChI is InChI=1S/C17H20N2O2/c1-2-21-16-9-5-6-13(11-16)10-14(12-18)17(20)19-15-7-3-4-8-15/h5-6,9-11,15H,2-4,7-8H2,1H3,(H,19,20)/b14-10+. The maximum atomic E-state index is 12.1. The Kier molecular flexibility index (Phi) is 5.39. The van der Waals surface area contributed by atoms with Crippen molar-refractivity contribution in [3.8, 4) is 11.8 Å². The van der Waals surface area contributed by atoms with E-state index in [2.05, 4.69) is 5.32 Å². The molecule has 1 aliphatic rings. The maximum Gasteiger partial charge on any atom is 0.262 e.